The van der Waals surface area contributed by atoms with Gasteiger partial charge in [-0.25, -0.2) is 0 Å². The van der Waals surface area contributed by atoms with Crippen molar-refractivity contribution in [2.75, 3.05) is 6.54 Å². The quantitative estimate of drug-likeness (QED) is 0.698. The van der Waals surface area contributed by atoms with Gasteiger partial charge in [-0.1, -0.05) is 13.3 Å². The Labute approximate surface area is 102 Å². The Morgan fingerprint density at radius 1 is 1.24 bits per heavy atom. The molecule has 0 spiro atoms. The van der Waals surface area contributed by atoms with Crippen molar-refractivity contribution in [1.82, 2.24) is 5.32 Å². The van der Waals surface area contributed by atoms with Gasteiger partial charge < -0.3 is 10.4 Å². The molecule has 0 saturated heterocycles. The summed E-state index contributed by atoms with van der Waals surface area (Å²) >= 11 is 0. The topological polar surface area (TPSA) is 32.3 Å². The molecule has 0 aromatic carbocycles. The summed E-state index contributed by atoms with van der Waals surface area (Å²) in [5.74, 6) is 0. The summed E-state index contributed by atoms with van der Waals surface area (Å²) < 4.78 is 35.8. The first-order valence-corrected chi connectivity index (χ1v) is 6.19. The summed E-state index contributed by atoms with van der Waals surface area (Å²) in [6.07, 6.45) is -2.61. The lowest BCUT2D eigenvalue weighted by Gasteiger charge is -2.25. The molecule has 0 aliphatic carbocycles. The fourth-order valence-electron chi connectivity index (χ4n) is 1.73. The van der Waals surface area contributed by atoms with Crippen molar-refractivity contribution in [1.29, 1.82) is 0 Å². The van der Waals surface area contributed by atoms with E-state index in [0.29, 0.717) is 19.4 Å². The second-order valence-corrected chi connectivity index (χ2v) is 5.04. The highest BCUT2D eigenvalue weighted by atomic mass is 19.4. The summed E-state index contributed by atoms with van der Waals surface area (Å²) in [5, 5.41) is 13.0. The highest BCUT2D eigenvalue weighted by Crippen LogP contribution is 2.22. The third-order valence-electron chi connectivity index (χ3n) is 2.72. The Balaban J connectivity index is 3.69. The number of rotatable bonds is 8. The van der Waals surface area contributed by atoms with Gasteiger partial charge in [0.25, 0.3) is 0 Å². The molecule has 2 N–H and O–H groups in total. The zero-order valence-corrected chi connectivity index (χ0v) is 10.9. The summed E-state index contributed by atoms with van der Waals surface area (Å²) in [4.78, 5) is 0. The van der Waals surface area contributed by atoms with Crippen LogP contribution >= 0.6 is 0 Å². The van der Waals surface area contributed by atoms with Crippen molar-refractivity contribution < 1.29 is 18.3 Å². The van der Waals surface area contributed by atoms with Crippen LogP contribution in [0.3, 0.4) is 0 Å². The highest BCUT2D eigenvalue weighted by Gasteiger charge is 2.26. The van der Waals surface area contributed by atoms with Gasteiger partial charge in [-0.15, -0.1) is 0 Å². The molecular formula is C12H24F3NO. The molecular weight excluding hydrogens is 231 g/mol. The minimum absolute atomic E-state index is 0.000631. The number of aliphatic hydroxyl groups is 1. The van der Waals surface area contributed by atoms with E-state index in [1.165, 1.54) is 0 Å². The van der Waals surface area contributed by atoms with Gasteiger partial charge in [0, 0.05) is 19.0 Å². The van der Waals surface area contributed by atoms with Gasteiger partial charge in [-0.3, -0.25) is 0 Å². The molecule has 0 fully saturated rings. The molecule has 0 aromatic heterocycles. The van der Waals surface area contributed by atoms with E-state index in [1.807, 2.05) is 13.8 Å². The van der Waals surface area contributed by atoms with Crippen molar-refractivity contribution >= 4 is 0 Å². The van der Waals surface area contributed by atoms with Crippen LogP contribution in [0.1, 0.15) is 52.9 Å². The SMILES string of the molecule is CCCC(C)(O)CNC(C)CCCC(F)(F)F. The van der Waals surface area contributed by atoms with E-state index in [1.54, 1.807) is 6.92 Å². The lowest BCUT2D eigenvalue weighted by molar-refractivity contribution is -0.135. The number of alkyl halides is 3. The predicted octanol–water partition coefficient (Wildman–Crippen LogP) is 3.25. The van der Waals surface area contributed by atoms with Gasteiger partial charge in [0.15, 0.2) is 0 Å². The number of hydrogen-bond acceptors (Lipinski definition) is 2. The molecule has 2 unspecified atom stereocenters. The number of nitrogens with one attached hydrogen (secondary N) is 1. The standard InChI is InChI=1S/C12H24F3NO/c1-4-7-11(3,17)9-16-10(2)6-5-8-12(13,14)15/h10,16-17H,4-9H2,1-3H3. The average Bonchev–Trinajstić information content (AvgIpc) is 2.13. The molecule has 2 nitrogen and oxygen atoms in total. The van der Waals surface area contributed by atoms with Crippen molar-refractivity contribution in [2.45, 2.75) is 70.7 Å². The van der Waals surface area contributed by atoms with Crippen LogP contribution in [0.5, 0.6) is 0 Å². The van der Waals surface area contributed by atoms with E-state index in [4.69, 9.17) is 0 Å². The lowest BCUT2D eigenvalue weighted by Crippen LogP contribution is -2.41. The zero-order chi connectivity index (χ0) is 13.5. The molecule has 0 amide bonds. The molecule has 0 radical (unpaired) electrons. The molecule has 2 atom stereocenters. The number of hydrogen-bond donors (Lipinski definition) is 2. The molecule has 104 valence electrons. The summed E-state index contributed by atoms with van der Waals surface area (Å²) in [7, 11) is 0. The van der Waals surface area contributed by atoms with Crippen LogP contribution in [0.2, 0.25) is 0 Å². The van der Waals surface area contributed by atoms with E-state index in [-0.39, 0.29) is 12.5 Å². The molecule has 0 saturated carbocycles. The Kier molecular flexibility index (Phi) is 7.09. The minimum Gasteiger partial charge on any atom is -0.389 e. The number of halogens is 3. The monoisotopic (exact) mass is 255 g/mol. The first-order valence-electron chi connectivity index (χ1n) is 6.19. The second kappa shape index (κ2) is 7.21. The third kappa shape index (κ3) is 10.6. The Bertz CT molecular complexity index is 204. The fourth-order valence-corrected chi connectivity index (χ4v) is 1.73. The largest absolute Gasteiger partial charge is 0.389 e. The van der Waals surface area contributed by atoms with Crippen LogP contribution < -0.4 is 5.32 Å². The first-order chi connectivity index (χ1) is 7.66. The van der Waals surface area contributed by atoms with E-state index >= 15 is 0 Å². The van der Waals surface area contributed by atoms with Gasteiger partial charge in [0.1, 0.15) is 0 Å². The van der Waals surface area contributed by atoms with E-state index in [0.717, 1.165) is 6.42 Å². The molecule has 0 aliphatic heterocycles. The van der Waals surface area contributed by atoms with Crippen molar-refractivity contribution in [2.24, 2.45) is 0 Å². The minimum atomic E-state index is -4.06. The highest BCUT2D eigenvalue weighted by molar-refractivity contribution is 4.76. The van der Waals surface area contributed by atoms with Crippen LogP contribution in [-0.4, -0.2) is 29.5 Å². The second-order valence-electron chi connectivity index (χ2n) is 5.04. The summed E-state index contributed by atoms with van der Waals surface area (Å²) in [5.41, 5.74) is -0.771. The van der Waals surface area contributed by atoms with Crippen LogP contribution in [0.15, 0.2) is 0 Å². The van der Waals surface area contributed by atoms with Crippen LogP contribution in [0.4, 0.5) is 13.2 Å². The van der Waals surface area contributed by atoms with Gasteiger partial charge in [-0.2, -0.15) is 13.2 Å². The summed E-state index contributed by atoms with van der Waals surface area (Å²) in [6.45, 7) is 6.00. The molecule has 0 bridgehead atoms. The van der Waals surface area contributed by atoms with Crippen molar-refractivity contribution in [3.63, 3.8) is 0 Å². The maximum absolute atomic E-state index is 11.9. The predicted molar refractivity (Wildman–Crippen MR) is 62.9 cm³/mol. The summed E-state index contributed by atoms with van der Waals surface area (Å²) in [6, 6.07) is 0.000631. The van der Waals surface area contributed by atoms with Crippen molar-refractivity contribution in [3.05, 3.63) is 0 Å². The maximum Gasteiger partial charge on any atom is 0.389 e. The van der Waals surface area contributed by atoms with Gasteiger partial charge in [-0.05, 0) is 33.1 Å². The fraction of sp³-hybridized carbons (Fsp3) is 1.00. The molecule has 0 heterocycles. The Morgan fingerprint density at radius 3 is 2.29 bits per heavy atom. The normalized spacial score (nSPS) is 17.8. The molecule has 0 rings (SSSR count). The van der Waals surface area contributed by atoms with E-state index < -0.39 is 18.2 Å². The maximum atomic E-state index is 11.9. The van der Waals surface area contributed by atoms with Crippen molar-refractivity contribution in [3.8, 4) is 0 Å². The average molecular weight is 255 g/mol. The van der Waals surface area contributed by atoms with Crippen LogP contribution in [0.25, 0.3) is 0 Å². The lowest BCUT2D eigenvalue weighted by atomic mass is 10.00. The molecule has 0 aliphatic rings. The molecule has 17 heavy (non-hydrogen) atoms. The van der Waals surface area contributed by atoms with Crippen LogP contribution in [0, 0.1) is 0 Å². The molecule has 0 aromatic rings. The smallest absolute Gasteiger partial charge is 0.389 e. The first kappa shape index (κ1) is 16.7. The Hall–Kier alpha value is -0.290. The van der Waals surface area contributed by atoms with Crippen LogP contribution in [-0.2, 0) is 0 Å². The van der Waals surface area contributed by atoms with E-state index in [2.05, 4.69) is 5.32 Å². The van der Waals surface area contributed by atoms with Gasteiger partial charge >= 0.3 is 6.18 Å². The third-order valence-corrected chi connectivity index (χ3v) is 2.72. The van der Waals surface area contributed by atoms with Gasteiger partial charge in [0.05, 0.1) is 5.60 Å². The zero-order valence-electron chi connectivity index (χ0n) is 10.9. The van der Waals surface area contributed by atoms with Gasteiger partial charge in [0.2, 0.25) is 0 Å². The molecule has 5 heteroatoms. The Morgan fingerprint density at radius 2 is 1.82 bits per heavy atom. The van der Waals surface area contributed by atoms with E-state index in [9.17, 15) is 18.3 Å².